The summed E-state index contributed by atoms with van der Waals surface area (Å²) in [5.41, 5.74) is 0.608. The summed E-state index contributed by atoms with van der Waals surface area (Å²) < 4.78 is 0. The van der Waals surface area contributed by atoms with Crippen LogP contribution in [0.15, 0.2) is 50.2 Å². The van der Waals surface area contributed by atoms with Gasteiger partial charge in [-0.15, -0.1) is 19.7 Å². The van der Waals surface area contributed by atoms with Crippen molar-refractivity contribution in [3.8, 4) is 0 Å². The van der Waals surface area contributed by atoms with Crippen LogP contribution in [0, 0.1) is 10.8 Å². The number of rotatable bonds is 16. The Hall–Kier alpha value is -1.28. The van der Waals surface area contributed by atoms with Crippen molar-refractivity contribution in [2.45, 2.75) is 58.8 Å². The Morgan fingerprint density at radius 3 is 2.04 bits per heavy atom. The Labute approximate surface area is 157 Å². The van der Waals surface area contributed by atoms with Crippen LogP contribution in [0.25, 0.3) is 0 Å². The molecule has 1 atom stereocenters. The normalized spacial score (nSPS) is 14.2. The zero-order valence-electron chi connectivity index (χ0n) is 17.3. The Balaban J connectivity index is 4.61. The molecule has 0 aliphatic heterocycles. The van der Waals surface area contributed by atoms with Crippen LogP contribution >= 0.6 is 0 Å². The summed E-state index contributed by atoms with van der Waals surface area (Å²) in [6, 6.07) is 0. The third-order valence-electron chi connectivity index (χ3n) is 5.49. The van der Waals surface area contributed by atoms with Crippen molar-refractivity contribution >= 4 is 0 Å². The van der Waals surface area contributed by atoms with Crippen molar-refractivity contribution in [1.82, 2.24) is 10.2 Å². The average molecular weight is 347 g/mol. The predicted octanol–water partition coefficient (Wildman–Crippen LogP) is 5.95. The van der Waals surface area contributed by atoms with Crippen LogP contribution in [0.5, 0.6) is 0 Å². The van der Waals surface area contributed by atoms with Gasteiger partial charge in [-0.2, -0.15) is 0 Å². The summed E-state index contributed by atoms with van der Waals surface area (Å²) >= 11 is 0. The molecule has 0 heterocycles. The molecule has 0 saturated heterocycles. The molecule has 0 fully saturated rings. The number of allylic oxidation sites excluding steroid dienone is 4. The molecule has 0 saturated carbocycles. The van der Waals surface area contributed by atoms with E-state index >= 15 is 0 Å². The van der Waals surface area contributed by atoms with Crippen LogP contribution in [-0.2, 0) is 0 Å². The van der Waals surface area contributed by atoms with Crippen molar-refractivity contribution < 1.29 is 0 Å². The Morgan fingerprint density at radius 2 is 1.56 bits per heavy atom. The van der Waals surface area contributed by atoms with Gasteiger partial charge in [0.25, 0.3) is 0 Å². The molecule has 144 valence electrons. The van der Waals surface area contributed by atoms with Crippen LogP contribution in [0.4, 0.5) is 0 Å². The molecule has 0 amide bonds. The predicted molar refractivity (Wildman–Crippen MR) is 115 cm³/mol. The maximum absolute atomic E-state index is 3.95. The van der Waals surface area contributed by atoms with Gasteiger partial charge in [-0.25, -0.2) is 0 Å². The summed E-state index contributed by atoms with van der Waals surface area (Å²) in [5, 5.41) is 3.26. The topological polar surface area (TPSA) is 15.3 Å². The van der Waals surface area contributed by atoms with Gasteiger partial charge >= 0.3 is 0 Å². The second-order valence-electron chi connectivity index (χ2n) is 7.82. The van der Waals surface area contributed by atoms with E-state index in [1.54, 1.807) is 0 Å². The maximum Gasteiger partial charge on any atom is 0.0174 e. The van der Waals surface area contributed by atoms with Crippen LogP contribution in [0.1, 0.15) is 58.8 Å². The van der Waals surface area contributed by atoms with Crippen molar-refractivity contribution in [3.63, 3.8) is 0 Å². The SMILES string of the molecule is C=CCC(C)(C/C=C/N(C)CCC(CC)(CC=C)CC=C)CCNC. The molecule has 0 rings (SSSR count). The number of nitrogens with zero attached hydrogens (tertiary/aromatic N) is 1. The third kappa shape index (κ3) is 9.69. The molecule has 0 bridgehead atoms. The fourth-order valence-corrected chi connectivity index (χ4v) is 3.43. The highest BCUT2D eigenvalue weighted by atomic mass is 15.1. The van der Waals surface area contributed by atoms with Gasteiger partial charge in [0, 0.05) is 13.6 Å². The fourth-order valence-electron chi connectivity index (χ4n) is 3.43. The first kappa shape index (κ1) is 23.7. The van der Waals surface area contributed by atoms with Gasteiger partial charge in [0.2, 0.25) is 0 Å². The van der Waals surface area contributed by atoms with Gasteiger partial charge in [-0.05, 0) is 75.6 Å². The Kier molecular flexibility index (Phi) is 12.3. The Bertz CT molecular complexity index is 400. The van der Waals surface area contributed by atoms with Gasteiger partial charge in [-0.3, -0.25) is 0 Å². The minimum absolute atomic E-state index is 0.293. The molecule has 1 N–H and O–H groups in total. The van der Waals surface area contributed by atoms with E-state index in [0.717, 1.165) is 38.8 Å². The minimum Gasteiger partial charge on any atom is -0.381 e. The molecule has 25 heavy (non-hydrogen) atoms. The molecule has 2 heteroatoms. The van der Waals surface area contributed by atoms with E-state index in [0.29, 0.717) is 10.8 Å². The molecular formula is C23H42N2. The van der Waals surface area contributed by atoms with Gasteiger partial charge < -0.3 is 10.2 Å². The van der Waals surface area contributed by atoms with E-state index in [1.807, 2.05) is 13.1 Å². The number of nitrogens with one attached hydrogen (secondary N) is 1. The van der Waals surface area contributed by atoms with E-state index < -0.39 is 0 Å². The maximum atomic E-state index is 3.95. The molecule has 0 radical (unpaired) electrons. The molecule has 0 aromatic carbocycles. The first-order chi connectivity index (χ1) is 11.9. The van der Waals surface area contributed by atoms with Crippen molar-refractivity contribution in [3.05, 3.63) is 50.2 Å². The summed E-state index contributed by atoms with van der Waals surface area (Å²) in [4.78, 5) is 2.32. The lowest BCUT2D eigenvalue weighted by Crippen LogP contribution is -2.25. The fraction of sp³-hybridized carbons (Fsp3) is 0.652. The number of hydrogen-bond acceptors (Lipinski definition) is 2. The molecule has 0 aromatic rings. The van der Waals surface area contributed by atoms with Crippen LogP contribution in [0.3, 0.4) is 0 Å². The summed E-state index contributed by atoms with van der Waals surface area (Å²) in [5.74, 6) is 0. The first-order valence-corrected chi connectivity index (χ1v) is 9.75. The molecule has 0 aliphatic rings. The van der Waals surface area contributed by atoms with Crippen molar-refractivity contribution in [1.29, 1.82) is 0 Å². The first-order valence-electron chi connectivity index (χ1n) is 9.75. The summed E-state index contributed by atoms with van der Waals surface area (Å²) in [6.45, 7) is 18.6. The number of hydrogen-bond donors (Lipinski definition) is 1. The standard InChI is InChI=1S/C23H42N2/c1-8-13-22(5,17-19-24-6)16-12-20-25(7)21-18-23(11-4,14-9-2)15-10-3/h8-10,12,20,24H,1-3,11,13-19,21H2,4-7H3/b20-12+. The molecule has 0 spiro atoms. The summed E-state index contributed by atoms with van der Waals surface area (Å²) in [7, 11) is 4.20. The van der Waals surface area contributed by atoms with E-state index in [4.69, 9.17) is 0 Å². The second kappa shape index (κ2) is 13.0. The lowest BCUT2D eigenvalue weighted by Gasteiger charge is -2.32. The lowest BCUT2D eigenvalue weighted by molar-refractivity contribution is 0.228. The smallest absolute Gasteiger partial charge is 0.0174 e. The van der Waals surface area contributed by atoms with Gasteiger partial charge in [-0.1, -0.05) is 38.2 Å². The van der Waals surface area contributed by atoms with E-state index in [2.05, 4.69) is 75.3 Å². The highest BCUT2D eigenvalue weighted by Crippen LogP contribution is 2.36. The van der Waals surface area contributed by atoms with Gasteiger partial charge in [0.15, 0.2) is 0 Å². The summed E-state index contributed by atoms with van der Waals surface area (Å²) in [6.07, 6.45) is 18.5. The molecule has 0 aromatic heterocycles. The van der Waals surface area contributed by atoms with Crippen LogP contribution in [-0.4, -0.2) is 32.1 Å². The molecular weight excluding hydrogens is 304 g/mol. The Morgan fingerprint density at radius 1 is 0.960 bits per heavy atom. The molecule has 0 aliphatic carbocycles. The molecule has 2 nitrogen and oxygen atoms in total. The third-order valence-corrected chi connectivity index (χ3v) is 5.49. The second-order valence-corrected chi connectivity index (χ2v) is 7.82. The van der Waals surface area contributed by atoms with Gasteiger partial charge in [0.1, 0.15) is 0 Å². The van der Waals surface area contributed by atoms with Crippen molar-refractivity contribution in [2.75, 3.05) is 27.2 Å². The molecule has 1 unspecified atom stereocenters. The average Bonchev–Trinajstić information content (AvgIpc) is 2.58. The van der Waals surface area contributed by atoms with E-state index in [1.165, 1.54) is 19.3 Å². The largest absolute Gasteiger partial charge is 0.381 e. The van der Waals surface area contributed by atoms with Gasteiger partial charge in [0.05, 0.1) is 0 Å². The van der Waals surface area contributed by atoms with Crippen molar-refractivity contribution in [2.24, 2.45) is 10.8 Å². The zero-order valence-corrected chi connectivity index (χ0v) is 17.3. The van der Waals surface area contributed by atoms with Crippen LogP contribution < -0.4 is 5.32 Å². The quantitative estimate of drug-likeness (QED) is 0.347. The van der Waals surface area contributed by atoms with E-state index in [9.17, 15) is 0 Å². The minimum atomic E-state index is 0.293. The zero-order chi connectivity index (χ0) is 19.2. The highest BCUT2D eigenvalue weighted by molar-refractivity contribution is 4.94. The monoisotopic (exact) mass is 346 g/mol. The highest BCUT2D eigenvalue weighted by Gasteiger charge is 2.25. The lowest BCUT2D eigenvalue weighted by atomic mass is 9.76. The van der Waals surface area contributed by atoms with E-state index in [-0.39, 0.29) is 0 Å². The van der Waals surface area contributed by atoms with Crippen LogP contribution in [0.2, 0.25) is 0 Å².